The summed E-state index contributed by atoms with van der Waals surface area (Å²) in [6.07, 6.45) is 3.90. The zero-order chi connectivity index (χ0) is 13.3. The van der Waals surface area contributed by atoms with Crippen LogP contribution in [0, 0.1) is 0 Å². The largest absolute Gasteiger partial charge is 0.489 e. The van der Waals surface area contributed by atoms with Crippen molar-refractivity contribution in [2.24, 2.45) is 5.73 Å². The molecule has 0 aliphatic heterocycles. The van der Waals surface area contributed by atoms with Crippen LogP contribution >= 0.6 is 0 Å². The number of nitrogens with zero attached hydrogens (tertiary/aromatic N) is 1. The van der Waals surface area contributed by atoms with Crippen LogP contribution in [0.25, 0.3) is 0 Å². The Morgan fingerprint density at radius 3 is 2.61 bits per heavy atom. The van der Waals surface area contributed by atoms with Gasteiger partial charge in [0.25, 0.3) is 5.91 Å². The van der Waals surface area contributed by atoms with Crippen LogP contribution in [0.3, 0.4) is 0 Å². The Morgan fingerprint density at radius 1 is 1.44 bits per heavy atom. The Bertz CT molecular complexity index is 462. The molecule has 18 heavy (non-hydrogen) atoms. The molecule has 5 nitrogen and oxygen atoms in total. The van der Waals surface area contributed by atoms with Crippen LogP contribution in [0.4, 0.5) is 0 Å². The zero-order valence-corrected chi connectivity index (χ0v) is 10.9. The molecule has 1 aromatic rings. The number of pyridine rings is 1. The number of ether oxygens (including phenoxy) is 2. The van der Waals surface area contributed by atoms with Crippen LogP contribution in [0.2, 0.25) is 0 Å². The highest BCUT2D eigenvalue weighted by Gasteiger charge is 2.25. The van der Waals surface area contributed by atoms with Crippen molar-refractivity contribution in [1.82, 2.24) is 4.98 Å². The van der Waals surface area contributed by atoms with Crippen LogP contribution in [0.5, 0.6) is 11.5 Å². The molecule has 1 heterocycles. The average molecular weight is 250 g/mol. The van der Waals surface area contributed by atoms with Crippen molar-refractivity contribution >= 4 is 5.91 Å². The Hall–Kier alpha value is -1.78. The molecule has 0 bridgehead atoms. The lowest BCUT2D eigenvalue weighted by atomic mass is 10.2. The topological polar surface area (TPSA) is 74.4 Å². The van der Waals surface area contributed by atoms with E-state index < -0.39 is 11.5 Å². The van der Waals surface area contributed by atoms with E-state index in [1.807, 2.05) is 20.8 Å². The third-order valence-electron chi connectivity index (χ3n) is 2.30. The monoisotopic (exact) mass is 250 g/mol. The highest BCUT2D eigenvalue weighted by Crippen LogP contribution is 2.30. The van der Waals surface area contributed by atoms with Gasteiger partial charge in [-0.1, -0.05) is 0 Å². The molecular weight excluding hydrogens is 232 g/mol. The lowest BCUT2D eigenvalue weighted by Crippen LogP contribution is -2.25. The SMILES string of the molecule is CC(C)(C)Oc1cc(OC2CC2)cnc1C(N)=O. The van der Waals surface area contributed by atoms with Gasteiger partial charge in [0.05, 0.1) is 12.3 Å². The number of amides is 1. The number of carbonyl (C=O) groups is 1. The minimum atomic E-state index is -0.604. The van der Waals surface area contributed by atoms with Crippen LogP contribution in [-0.2, 0) is 0 Å². The molecule has 0 aromatic carbocycles. The minimum Gasteiger partial charge on any atom is -0.489 e. The summed E-state index contributed by atoms with van der Waals surface area (Å²) in [6.45, 7) is 5.69. The van der Waals surface area contributed by atoms with Gasteiger partial charge in [-0.2, -0.15) is 0 Å². The minimum absolute atomic E-state index is 0.132. The molecule has 0 unspecified atom stereocenters. The fraction of sp³-hybridized carbons (Fsp3) is 0.538. The molecule has 1 amide bonds. The molecule has 5 heteroatoms. The smallest absolute Gasteiger partial charge is 0.271 e. The maximum atomic E-state index is 11.3. The maximum absolute atomic E-state index is 11.3. The average Bonchev–Trinajstić information content (AvgIpc) is 2.98. The number of hydrogen-bond acceptors (Lipinski definition) is 4. The summed E-state index contributed by atoms with van der Waals surface area (Å²) in [5, 5.41) is 0. The van der Waals surface area contributed by atoms with Crippen molar-refractivity contribution in [3.8, 4) is 11.5 Å². The number of carbonyl (C=O) groups excluding carboxylic acids is 1. The van der Waals surface area contributed by atoms with Gasteiger partial charge in [0, 0.05) is 6.07 Å². The second-order valence-corrected chi connectivity index (χ2v) is 5.41. The van der Waals surface area contributed by atoms with Gasteiger partial charge in [0.15, 0.2) is 11.4 Å². The molecule has 0 radical (unpaired) electrons. The second-order valence-electron chi connectivity index (χ2n) is 5.41. The van der Waals surface area contributed by atoms with E-state index in [0.717, 1.165) is 12.8 Å². The van der Waals surface area contributed by atoms with E-state index in [2.05, 4.69) is 4.98 Å². The molecule has 2 N–H and O–H groups in total. The molecule has 0 atom stereocenters. The summed E-state index contributed by atoms with van der Waals surface area (Å²) in [5.74, 6) is 0.377. The first-order chi connectivity index (χ1) is 8.35. The first-order valence-electron chi connectivity index (χ1n) is 6.01. The highest BCUT2D eigenvalue weighted by atomic mass is 16.5. The number of aromatic nitrogens is 1. The van der Waals surface area contributed by atoms with E-state index in [1.54, 1.807) is 6.07 Å². The van der Waals surface area contributed by atoms with Gasteiger partial charge in [0.2, 0.25) is 0 Å². The second kappa shape index (κ2) is 4.48. The molecule has 1 fully saturated rings. The summed E-state index contributed by atoms with van der Waals surface area (Å²) in [7, 11) is 0. The van der Waals surface area contributed by atoms with Crippen molar-refractivity contribution in [3.63, 3.8) is 0 Å². The summed E-state index contributed by atoms with van der Waals surface area (Å²) in [4.78, 5) is 15.3. The fourth-order valence-corrected chi connectivity index (χ4v) is 1.46. The quantitative estimate of drug-likeness (QED) is 0.885. The molecular formula is C13H18N2O3. The number of nitrogens with two attached hydrogens (primary N) is 1. The highest BCUT2D eigenvalue weighted by molar-refractivity contribution is 5.93. The Morgan fingerprint density at radius 2 is 2.11 bits per heavy atom. The molecule has 0 spiro atoms. The molecule has 2 rings (SSSR count). The third-order valence-corrected chi connectivity index (χ3v) is 2.30. The molecule has 1 aliphatic carbocycles. The molecule has 0 saturated heterocycles. The number of primary amides is 1. The van der Waals surface area contributed by atoms with Gasteiger partial charge >= 0.3 is 0 Å². The van der Waals surface area contributed by atoms with E-state index in [1.165, 1.54) is 6.20 Å². The molecule has 1 aliphatic rings. The van der Waals surface area contributed by atoms with Crippen molar-refractivity contribution in [1.29, 1.82) is 0 Å². The van der Waals surface area contributed by atoms with E-state index >= 15 is 0 Å². The Labute approximate surface area is 106 Å². The maximum Gasteiger partial charge on any atom is 0.271 e. The first-order valence-corrected chi connectivity index (χ1v) is 6.01. The lowest BCUT2D eigenvalue weighted by molar-refractivity contribution is 0.0970. The summed E-state index contributed by atoms with van der Waals surface area (Å²) in [6, 6.07) is 1.68. The van der Waals surface area contributed by atoms with Gasteiger partial charge in [-0.15, -0.1) is 0 Å². The first kappa shape index (κ1) is 12.7. The predicted molar refractivity (Wildman–Crippen MR) is 66.8 cm³/mol. The van der Waals surface area contributed by atoms with Gasteiger partial charge in [-0.05, 0) is 33.6 Å². The van der Waals surface area contributed by atoms with E-state index in [4.69, 9.17) is 15.2 Å². The van der Waals surface area contributed by atoms with Gasteiger partial charge in [0.1, 0.15) is 11.4 Å². The fourth-order valence-electron chi connectivity index (χ4n) is 1.46. The summed E-state index contributed by atoms with van der Waals surface area (Å²) >= 11 is 0. The normalized spacial score (nSPS) is 15.3. The van der Waals surface area contributed by atoms with Crippen LogP contribution in [0.1, 0.15) is 44.1 Å². The van der Waals surface area contributed by atoms with Crippen LogP contribution < -0.4 is 15.2 Å². The van der Waals surface area contributed by atoms with E-state index in [0.29, 0.717) is 11.5 Å². The predicted octanol–water partition coefficient (Wildman–Crippen LogP) is 1.90. The van der Waals surface area contributed by atoms with Crippen LogP contribution in [-0.4, -0.2) is 22.6 Å². The Kier molecular flexibility index (Phi) is 3.15. The molecule has 1 aromatic heterocycles. The van der Waals surface area contributed by atoms with E-state index in [-0.39, 0.29) is 11.8 Å². The third kappa shape index (κ3) is 3.35. The molecule has 98 valence electrons. The molecule has 1 saturated carbocycles. The lowest BCUT2D eigenvalue weighted by Gasteiger charge is -2.22. The summed E-state index contributed by atoms with van der Waals surface area (Å²) in [5.41, 5.74) is 4.98. The van der Waals surface area contributed by atoms with Gasteiger partial charge in [-0.25, -0.2) is 4.98 Å². The zero-order valence-electron chi connectivity index (χ0n) is 10.9. The van der Waals surface area contributed by atoms with Crippen molar-refractivity contribution in [2.75, 3.05) is 0 Å². The number of rotatable bonds is 4. The number of hydrogen-bond donors (Lipinski definition) is 1. The summed E-state index contributed by atoms with van der Waals surface area (Å²) < 4.78 is 11.3. The van der Waals surface area contributed by atoms with Crippen molar-refractivity contribution < 1.29 is 14.3 Å². The van der Waals surface area contributed by atoms with Crippen molar-refractivity contribution in [2.45, 2.75) is 45.3 Å². The van der Waals surface area contributed by atoms with Gasteiger partial charge < -0.3 is 15.2 Å². The Balaban J connectivity index is 2.27. The van der Waals surface area contributed by atoms with Crippen LogP contribution in [0.15, 0.2) is 12.3 Å². The van der Waals surface area contributed by atoms with E-state index in [9.17, 15) is 4.79 Å². The standard InChI is InChI=1S/C13H18N2O3/c1-13(2,3)18-10-6-9(17-8-4-5-8)7-15-11(10)12(14)16/h6-8H,4-5H2,1-3H3,(H2,14,16). The van der Waals surface area contributed by atoms with Gasteiger partial charge in [-0.3, -0.25) is 4.79 Å². The van der Waals surface area contributed by atoms with Crippen molar-refractivity contribution in [3.05, 3.63) is 18.0 Å².